The summed E-state index contributed by atoms with van der Waals surface area (Å²) in [6, 6.07) is 4.23. The van der Waals surface area contributed by atoms with Crippen LogP contribution in [-0.2, 0) is 16.6 Å². The van der Waals surface area contributed by atoms with E-state index in [4.69, 9.17) is 0 Å². The van der Waals surface area contributed by atoms with E-state index in [-0.39, 0.29) is 25.1 Å². The van der Waals surface area contributed by atoms with E-state index in [9.17, 15) is 21.6 Å². The second kappa shape index (κ2) is 7.44. The molecule has 3 aromatic rings. The highest BCUT2D eigenvalue weighted by atomic mass is 32.2. The summed E-state index contributed by atoms with van der Waals surface area (Å²) in [6.45, 7) is 0.272. The molecule has 0 N–H and O–H groups in total. The van der Waals surface area contributed by atoms with Crippen LogP contribution in [0.3, 0.4) is 0 Å². The lowest BCUT2D eigenvalue weighted by atomic mass is 10.0. The van der Waals surface area contributed by atoms with Crippen molar-refractivity contribution in [1.82, 2.24) is 19.1 Å². The fraction of sp³-hybridized carbons (Fsp3) is 0.286. The van der Waals surface area contributed by atoms with Crippen molar-refractivity contribution in [3.8, 4) is 11.1 Å². The van der Waals surface area contributed by atoms with Gasteiger partial charge in [-0.15, -0.1) is 0 Å². The van der Waals surface area contributed by atoms with Gasteiger partial charge in [0.1, 0.15) is 23.6 Å². The first-order valence-corrected chi connectivity index (χ1v) is 11.7. The van der Waals surface area contributed by atoms with Crippen LogP contribution in [0.1, 0.15) is 29.3 Å². The first-order valence-electron chi connectivity index (χ1n) is 9.85. The van der Waals surface area contributed by atoms with Crippen molar-refractivity contribution in [3.05, 3.63) is 71.3 Å². The molecule has 0 amide bonds. The number of halogens is 3. The monoisotopic (exact) mass is 461 g/mol. The van der Waals surface area contributed by atoms with Gasteiger partial charge in [0.25, 0.3) is 10.0 Å². The third-order valence-corrected chi connectivity index (χ3v) is 6.54. The third-order valence-electron chi connectivity index (χ3n) is 5.66. The van der Waals surface area contributed by atoms with Crippen molar-refractivity contribution >= 4 is 15.9 Å². The van der Waals surface area contributed by atoms with Crippen LogP contribution in [-0.4, -0.2) is 52.3 Å². The number of aromatic nitrogens is 3. The Balaban J connectivity index is 1.52. The Kier molecular flexibility index (Phi) is 4.81. The summed E-state index contributed by atoms with van der Waals surface area (Å²) >= 11 is 0. The van der Waals surface area contributed by atoms with Gasteiger partial charge in [0.2, 0.25) is 0 Å². The maximum atomic E-state index is 14.5. The van der Waals surface area contributed by atoms with Gasteiger partial charge in [0, 0.05) is 34.9 Å². The number of amidine groups is 1. The van der Waals surface area contributed by atoms with Gasteiger partial charge < -0.3 is 4.90 Å². The van der Waals surface area contributed by atoms with E-state index in [0.29, 0.717) is 28.2 Å². The van der Waals surface area contributed by atoms with Crippen molar-refractivity contribution in [1.29, 1.82) is 0 Å². The number of pyridine rings is 1. The lowest BCUT2D eigenvalue weighted by molar-refractivity contribution is 0.341. The maximum Gasteiger partial charge on any atom is 0.250 e. The number of nitrogens with zero attached hydrogens (tertiary/aromatic N) is 5. The Morgan fingerprint density at radius 3 is 2.69 bits per heavy atom. The topological polar surface area (TPSA) is 80.5 Å². The maximum absolute atomic E-state index is 14.5. The molecule has 5 rings (SSSR count). The zero-order valence-corrected chi connectivity index (χ0v) is 17.7. The van der Waals surface area contributed by atoms with Crippen LogP contribution in [0.4, 0.5) is 13.2 Å². The molecule has 0 saturated carbocycles. The largest absolute Gasteiger partial charge is 0.346 e. The number of hydrogen-bond donors (Lipinski definition) is 0. The molecule has 0 radical (unpaired) electrons. The summed E-state index contributed by atoms with van der Waals surface area (Å²) in [6.07, 6.45) is 4.22. The first kappa shape index (κ1) is 20.7. The van der Waals surface area contributed by atoms with Gasteiger partial charge in [0.15, 0.2) is 0 Å². The second-order valence-corrected chi connectivity index (χ2v) is 9.73. The van der Waals surface area contributed by atoms with Gasteiger partial charge in [-0.1, -0.05) is 0 Å². The van der Waals surface area contributed by atoms with Crippen molar-refractivity contribution < 1.29 is 21.6 Å². The molecule has 2 aliphatic rings. The highest BCUT2D eigenvalue weighted by Gasteiger charge is 2.39. The molecule has 0 unspecified atom stereocenters. The predicted molar refractivity (Wildman–Crippen MR) is 111 cm³/mol. The average Bonchev–Trinajstić information content (AvgIpc) is 3.46. The van der Waals surface area contributed by atoms with E-state index in [1.807, 2.05) is 0 Å². The first-order chi connectivity index (χ1) is 15.2. The van der Waals surface area contributed by atoms with E-state index < -0.39 is 33.9 Å². The second-order valence-electron chi connectivity index (χ2n) is 7.89. The Morgan fingerprint density at radius 2 is 1.94 bits per heavy atom. The van der Waals surface area contributed by atoms with Crippen LogP contribution < -0.4 is 0 Å². The number of rotatable bonds is 3. The molecule has 11 heteroatoms. The van der Waals surface area contributed by atoms with Gasteiger partial charge in [-0.3, -0.25) is 9.98 Å². The summed E-state index contributed by atoms with van der Waals surface area (Å²) in [5.41, 5.74) is 2.54. The zero-order chi connectivity index (χ0) is 22.6. The van der Waals surface area contributed by atoms with Gasteiger partial charge >= 0.3 is 0 Å². The van der Waals surface area contributed by atoms with Gasteiger partial charge in [-0.2, -0.15) is 9.19 Å². The lowest BCUT2D eigenvalue weighted by Gasteiger charge is -2.27. The Labute approximate surface area is 182 Å². The highest BCUT2D eigenvalue weighted by Crippen LogP contribution is 2.38. The summed E-state index contributed by atoms with van der Waals surface area (Å²) in [5, 5.41) is 3.87. The molecule has 2 aromatic heterocycles. The quantitative estimate of drug-likeness (QED) is 0.599. The number of aliphatic imine (C=N–C) groups is 1. The van der Waals surface area contributed by atoms with Crippen molar-refractivity contribution in [2.75, 3.05) is 12.8 Å². The minimum Gasteiger partial charge on any atom is -0.346 e. The molecule has 0 spiro atoms. The molecular formula is C21H18F3N5O2S. The normalized spacial score (nSPS) is 20.5. The molecule has 166 valence electrons. The van der Waals surface area contributed by atoms with Crippen LogP contribution in [0.5, 0.6) is 0 Å². The summed E-state index contributed by atoms with van der Waals surface area (Å²) in [7, 11) is -3.53. The minimum absolute atomic E-state index is 0.00483. The number of likely N-dealkylation sites (tertiary alicyclic amines) is 1. The van der Waals surface area contributed by atoms with E-state index in [2.05, 4.69) is 15.1 Å². The number of hydrogen-bond acceptors (Lipinski definition) is 6. The SMILES string of the molecule is CS(=O)(=O)n1cc(-c2cnc3c(c2)C(N2C[C@@H](F)C[C@@H]2c2cc(F)ccc2F)=NC3)cn1. The molecule has 4 heterocycles. The highest BCUT2D eigenvalue weighted by molar-refractivity contribution is 7.89. The molecule has 1 aromatic carbocycles. The molecular weight excluding hydrogens is 443 g/mol. The summed E-state index contributed by atoms with van der Waals surface area (Å²) < 4.78 is 67.0. The Hall–Kier alpha value is -3.21. The van der Waals surface area contributed by atoms with Crippen LogP contribution in [0.15, 0.2) is 47.8 Å². The third kappa shape index (κ3) is 3.56. The summed E-state index contributed by atoms with van der Waals surface area (Å²) in [5.74, 6) is -0.739. The van der Waals surface area contributed by atoms with Crippen molar-refractivity contribution in [2.45, 2.75) is 25.2 Å². The minimum atomic E-state index is -3.53. The van der Waals surface area contributed by atoms with E-state index in [1.165, 1.54) is 12.4 Å². The van der Waals surface area contributed by atoms with E-state index in [1.54, 1.807) is 17.2 Å². The molecule has 7 nitrogen and oxygen atoms in total. The predicted octanol–water partition coefficient (Wildman–Crippen LogP) is 3.08. The van der Waals surface area contributed by atoms with Crippen LogP contribution >= 0.6 is 0 Å². The van der Waals surface area contributed by atoms with Crippen molar-refractivity contribution in [3.63, 3.8) is 0 Å². The number of benzene rings is 1. The molecule has 1 saturated heterocycles. The van der Waals surface area contributed by atoms with Crippen LogP contribution in [0.2, 0.25) is 0 Å². The standard InChI is InChI=1S/C21H18F3N5O2S/c1-32(30,31)29-10-13(8-27-29)12-4-17-19(25-7-12)9-26-21(17)28-11-15(23)6-20(28)16-5-14(22)2-3-18(16)24/h2-5,7-8,10,15,20H,6,9,11H2,1H3/t15-,20+/m0/s1. The fourth-order valence-corrected chi connectivity index (χ4v) is 4.69. The summed E-state index contributed by atoms with van der Waals surface area (Å²) in [4.78, 5) is 10.6. The van der Waals surface area contributed by atoms with Gasteiger partial charge in [-0.05, 0) is 24.3 Å². The fourth-order valence-electron chi connectivity index (χ4n) is 4.17. The Bertz CT molecular complexity index is 1360. The van der Waals surface area contributed by atoms with E-state index in [0.717, 1.165) is 28.5 Å². The Morgan fingerprint density at radius 1 is 1.12 bits per heavy atom. The number of alkyl halides is 1. The lowest BCUT2D eigenvalue weighted by Crippen LogP contribution is -2.32. The van der Waals surface area contributed by atoms with Crippen molar-refractivity contribution in [2.24, 2.45) is 4.99 Å². The number of fused-ring (bicyclic) bond motifs is 1. The molecule has 2 atom stereocenters. The molecule has 2 aliphatic heterocycles. The zero-order valence-electron chi connectivity index (χ0n) is 16.9. The van der Waals surface area contributed by atoms with Gasteiger partial charge in [0.05, 0.1) is 43.5 Å². The smallest absolute Gasteiger partial charge is 0.250 e. The average molecular weight is 461 g/mol. The molecule has 32 heavy (non-hydrogen) atoms. The van der Waals surface area contributed by atoms with E-state index >= 15 is 0 Å². The van der Waals surface area contributed by atoms with Gasteiger partial charge in [-0.25, -0.2) is 21.6 Å². The molecule has 0 bridgehead atoms. The van der Waals surface area contributed by atoms with Crippen LogP contribution in [0.25, 0.3) is 11.1 Å². The van der Waals surface area contributed by atoms with Crippen LogP contribution in [0, 0.1) is 11.6 Å². The molecule has 0 aliphatic carbocycles. The molecule has 1 fully saturated rings.